The summed E-state index contributed by atoms with van der Waals surface area (Å²) in [5, 5.41) is 0. The number of alkyl halides is 2. The van der Waals surface area contributed by atoms with Crippen molar-refractivity contribution in [2.24, 2.45) is 0 Å². The number of hydrogen-bond acceptors (Lipinski definition) is 18. The Morgan fingerprint density at radius 1 is 0.421 bits per heavy atom. The summed E-state index contributed by atoms with van der Waals surface area (Å²) in [6.07, 6.45) is 5.32. The van der Waals surface area contributed by atoms with E-state index in [1.165, 1.54) is 42.7 Å². The smallest absolute Gasteiger partial charge is 0.203 e. The Hall–Kier alpha value is -8.47. The second-order valence-corrected chi connectivity index (χ2v) is 25.4. The molecule has 6 aromatic rings. The summed E-state index contributed by atoms with van der Waals surface area (Å²) in [5.74, 6) is 3.68. The van der Waals surface area contributed by atoms with Crippen LogP contribution >= 0.6 is 0 Å². The van der Waals surface area contributed by atoms with E-state index in [1.807, 2.05) is 98.8 Å². The molecule has 2 fully saturated rings. The van der Waals surface area contributed by atoms with Gasteiger partial charge < -0.3 is 37.9 Å². The average molecular weight is 1420 g/mol. The molecular weight excluding hydrogens is 1330 g/mol. The van der Waals surface area contributed by atoms with E-state index in [1.54, 1.807) is 62.5 Å². The Bertz CT molecular complexity index is 3250. The molecule has 0 N–H and O–H groups in total. The molecule has 2 aliphatic heterocycles. The first-order valence-electron chi connectivity index (χ1n) is 32.2. The van der Waals surface area contributed by atoms with Crippen molar-refractivity contribution < 1.29 is 107 Å². The predicted molar refractivity (Wildman–Crippen MR) is 354 cm³/mol. The van der Waals surface area contributed by atoms with E-state index in [0.29, 0.717) is 154 Å². The van der Waals surface area contributed by atoms with E-state index >= 15 is 0 Å². The van der Waals surface area contributed by atoms with Crippen LogP contribution in [0.4, 0.5) is 0 Å². The summed E-state index contributed by atoms with van der Waals surface area (Å²) in [6, 6.07) is 32.3. The van der Waals surface area contributed by atoms with Crippen molar-refractivity contribution in [2.75, 3.05) is 93.4 Å². The van der Waals surface area contributed by atoms with Gasteiger partial charge in [0.25, 0.3) is 0 Å². The molecule has 2 aliphatic rings. The Morgan fingerprint density at radius 2 is 0.789 bits per heavy atom. The Labute approximate surface area is 569 Å². The van der Waals surface area contributed by atoms with Crippen LogP contribution in [0.1, 0.15) is 135 Å². The third-order valence-corrected chi connectivity index (χ3v) is 19.1. The van der Waals surface area contributed by atoms with Crippen LogP contribution in [0.25, 0.3) is 0 Å². The number of halogens is 1. The van der Waals surface area contributed by atoms with Crippen LogP contribution in [-0.2, 0) is 41.5 Å². The van der Waals surface area contributed by atoms with Gasteiger partial charge in [-0.2, -0.15) is 0 Å². The summed E-state index contributed by atoms with van der Waals surface area (Å²) >= 11 is -0.685. The number of ether oxygens (including phenoxy) is 14. The molecule has 2 amide bonds. The zero-order valence-corrected chi connectivity index (χ0v) is 58.9. The van der Waals surface area contributed by atoms with Gasteiger partial charge in [-0.3, -0.25) is 0 Å². The molecule has 95 heavy (non-hydrogen) atoms. The SMILES string of the molecule is CCC(C(=O)N1CCCCC1C(=O)OC(CCc1ccc(OC)c(OC)c1)c1cccc(OC[I-]COc2cccc(C(CCc3ccc(OC)c(OC)c3)OC(=O)C3CCCCN3C(=O)C(CC)c3cc(OC)c(OC)c(OC)c3)c2)c1)c1cc(OC)c(OC)c(OC)c1. The van der Waals surface area contributed by atoms with Gasteiger partial charge in [0.2, 0.25) is 11.5 Å². The van der Waals surface area contributed by atoms with Crippen LogP contribution in [0.2, 0.25) is 0 Å². The first-order valence-corrected chi connectivity index (χ1v) is 35.3. The van der Waals surface area contributed by atoms with Crippen molar-refractivity contribution in [1.82, 2.24) is 9.80 Å². The molecule has 6 unspecified atom stereocenters. The molecule has 0 radical (unpaired) electrons. The molecule has 0 bridgehead atoms. The summed E-state index contributed by atoms with van der Waals surface area (Å²) < 4.78 is 82.8. The topological polar surface area (TPSA) is 204 Å². The van der Waals surface area contributed by atoms with Gasteiger partial charge in [0.15, 0.2) is 23.0 Å². The van der Waals surface area contributed by atoms with E-state index in [-0.39, 0.29) is 11.8 Å². The first kappa shape index (κ1) is 72.4. The molecule has 514 valence electrons. The van der Waals surface area contributed by atoms with Crippen LogP contribution in [0, 0.1) is 0 Å². The molecule has 0 spiro atoms. The summed E-state index contributed by atoms with van der Waals surface area (Å²) in [4.78, 5) is 62.3. The van der Waals surface area contributed by atoms with Crippen molar-refractivity contribution in [2.45, 2.75) is 127 Å². The zero-order chi connectivity index (χ0) is 68.0. The maximum atomic E-state index is 14.7. The fourth-order valence-corrected chi connectivity index (χ4v) is 13.9. The molecule has 6 aromatic carbocycles. The Kier molecular flexibility index (Phi) is 27.3. The second kappa shape index (κ2) is 35.9. The molecule has 20 nitrogen and oxygen atoms in total. The number of aryl methyl sites for hydroxylation is 2. The average Bonchev–Trinajstić information content (AvgIpc) is 0.833. The number of methoxy groups -OCH3 is 10. The maximum Gasteiger partial charge on any atom is 0.203 e. The number of carbonyl (C=O) groups excluding carboxylic acids is 4. The Morgan fingerprint density at radius 3 is 1.13 bits per heavy atom. The van der Waals surface area contributed by atoms with Crippen LogP contribution in [0.5, 0.6) is 69.0 Å². The quantitative estimate of drug-likeness (QED) is 0.0160. The van der Waals surface area contributed by atoms with Gasteiger partial charge in [-0.1, -0.05) is 13.8 Å². The minimum atomic E-state index is -0.807. The van der Waals surface area contributed by atoms with E-state index in [0.717, 1.165) is 47.9 Å². The van der Waals surface area contributed by atoms with Gasteiger partial charge in [-0.15, -0.1) is 0 Å². The number of benzene rings is 6. The van der Waals surface area contributed by atoms with Crippen LogP contribution in [0.3, 0.4) is 0 Å². The number of nitrogens with zero attached hydrogens (tertiary/aromatic N) is 2. The van der Waals surface area contributed by atoms with Crippen molar-refractivity contribution >= 4 is 23.8 Å². The van der Waals surface area contributed by atoms with Gasteiger partial charge in [0.05, 0.1) is 71.1 Å². The minimum absolute atomic E-state index is 0.179. The van der Waals surface area contributed by atoms with Crippen LogP contribution in [-0.4, -0.2) is 139 Å². The first-order chi connectivity index (χ1) is 46.2. The Balaban J connectivity index is 0.965. The molecular formula is C74H92IN2O18-. The fraction of sp³-hybridized carbons (Fsp3) is 0.459. The maximum absolute atomic E-state index is 14.7. The monoisotopic (exact) mass is 1420 g/mol. The molecule has 21 heteroatoms. The standard InChI is InChI=1S/C74H92IN2O18/c1-13-55(51-41-65(86-7)69(90-11)66(42-51)87-8)71(78)76-35-17-15-25-57(76)73(80)94-59(31-27-47-29-33-61(82-3)63(37-47)84-5)49-21-19-23-53(39-49)92-45-75-46-93-54-24-20-22-50(40-54)60(32-28-48-30-34-62(83-4)64(38-48)85-6)95-74(81)58-26-16-18-36-77(58)72(79)56(14-2)52-43-67(88-9)70(91-12)68(44-52)89-10/h19-24,29-30,33-34,37-44,55-60H,13-18,25-28,31-32,35-36,45-46H2,1-12H3/q-1. The van der Waals surface area contributed by atoms with Crippen molar-refractivity contribution in [3.63, 3.8) is 0 Å². The van der Waals surface area contributed by atoms with Gasteiger partial charge >= 0.3 is 367 Å². The molecule has 6 atom stereocenters. The summed E-state index contributed by atoms with van der Waals surface area (Å²) in [6.45, 7) is 4.70. The molecule has 2 heterocycles. The van der Waals surface area contributed by atoms with E-state index in [4.69, 9.17) is 66.3 Å². The normalized spacial score (nSPS) is 15.8. The number of carbonyl (C=O) groups is 4. The third kappa shape index (κ3) is 18.1. The third-order valence-electron chi connectivity index (χ3n) is 17.6. The van der Waals surface area contributed by atoms with E-state index in [2.05, 4.69) is 0 Å². The number of hydrogen-bond donors (Lipinski definition) is 0. The largest absolute Gasteiger partial charge is 0.493 e. The fourth-order valence-electron chi connectivity index (χ4n) is 12.5. The summed E-state index contributed by atoms with van der Waals surface area (Å²) in [5.41, 5.74) is 4.78. The number of amides is 2. The van der Waals surface area contributed by atoms with Crippen LogP contribution < -0.4 is 78.0 Å². The molecule has 0 saturated carbocycles. The minimum Gasteiger partial charge on any atom is -0.493 e. The second-order valence-electron chi connectivity index (χ2n) is 23.1. The molecule has 0 aliphatic carbocycles. The predicted octanol–water partition coefficient (Wildman–Crippen LogP) is 9.82. The van der Waals surface area contributed by atoms with E-state index < -0.39 is 69.3 Å². The molecule has 2 saturated heterocycles. The van der Waals surface area contributed by atoms with Crippen molar-refractivity contribution in [1.29, 1.82) is 0 Å². The van der Waals surface area contributed by atoms with Gasteiger partial charge in [-0.25, -0.2) is 0 Å². The van der Waals surface area contributed by atoms with Crippen molar-refractivity contribution in [3.05, 3.63) is 143 Å². The number of likely N-dealkylation sites (tertiary alicyclic amines) is 2. The van der Waals surface area contributed by atoms with Crippen LogP contribution in [0.15, 0.2) is 109 Å². The van der Waals surface area contributed by atoms with E-state index in [9.17, 15) is 19.2 Å². The van der Waals surface area contributed by atoms with Gasteiger partial charge in [0, 0.05) is 0 Å². The van der Waals surface area contributed by atoms with Gasteiger partial charge in [0.1, 0.15) is 0 Å². The van der Waals surface area contributed by atoms with Crippen molar-refractivity contribution in [3.8, 4) is 69.0 Å². The zero-order valence-electron chi connectivity index (χ0n) is 56.8. The number of rotatable bonds is 34. The summed E-state index contributed by atoms with van der Waals surface area (Å²) in [7, 11) is 15.6. The van der Waals surface area contributed by atoms with Gasteiger partial charge in [-0.05, 0) is 48.2 Å². The number of piperidine rings is 2. The number of esters is 2. The molecule has 8 rings (SSSR count). The molecule has 0 aromatic heterocycles.